The Morgan fingerprint density at radius 1 is 1.38 bits per heavy atom. The molecule has 0 unspecified atom stereocenters. The summed E-state index contributed by atoms with van der Waals surface area (Å²) in [5, 5.41) is 8.90. The van der Waals surface area contributed by atoms with Crippen LogP contribution in [0.1, 0.15) is 24.8 Å². The van der Waals surface area contributed by atoms with Gasteiger partial charge in [-0.05, 0) is 18.9 Å². The minimum Gasteiger partial charge on any atom is -0.481 e. The summed E-state index contributed by atoms with van der Waals surface area (Å²) in [6, 6.07) is 4.60. The zero-order valence-corrected chi connectivity index (χ0v) is 13.2. The fraction of sp³-hybridized carbons (Fsp3) is 0.529. The van der Waals surface area contributed by atoms with E-state index < -0.39 is 17.9 Å². The summed E-state index contributed by atoms with van der Waals surface area (Å²) in [6.07, 6.45) is 1.03. The summed E-state index contributed by atoms with van der Waals surface area (Å²) < 4.78 is 24.8. The van der Waals surface area contributed by atoms with Crippen molar-refractivity contribution in [2.24, 2.45) is 0 Å². The minimum atomic E-state index is -0.971. The van der Waals surface area contributed by atoms with Crippen LogP contribution in [0.25, 0.3) is 0 Å². The van der Waals surface area contributed by atoms with Gasteiger partial charge in [-0.25, -0.2) is 4.39 Å². The lowest BCUT2D eigenvalue weighted by Gasteiger charge is -2.27. The van der Waals surface area contributed by atoms with Crippen molar-refractivity contribution in [1.29, 1.82) is 0 Å². The van der Waals surface area contributed by atoms with Crippen LogP contribution in [0.4, 0.5) is 4.39 Å². The fourth-order valence-electron chi connectivity index (χ4n) is 3.13. The van der Waals surface area contributed by atoms with Gasteiger partial charge in [0.2, 0.25) is 0 Å². The Morgan fingerprint density at radius 3 is 2.88 bits per heavy atom. The molecule has 0 saturated carbocycles. The first-order valence-corrected chi connectivity index (χ1v) is 8.11. The third-order valence-corrected chi connectivity index (χ3v) is 4.34. The zero-order chi connectivity index (χ0) is 17.1. The molecule has 1 saturated heterocycles. The molecule has 6 nitrogen and oxygen atoms in total. The normalized spacial score (nSPS) is 22.0. The maximum atomic E-state index is 13.8. The smallest absolute Gasteiger partial charge is 0.305 e. The van der Waals surface area contributed by atoms with E-state index in [-0.39, 0.29) is 30.7 Å². The van der Waals surface area contributed by atoms with Gasteiger partial charge in [0.25, 0.3) is 5.91 Å². The van der Waals surface area contributed by atoms with E-state index in [1.807, 2.05) is 0 Å². The van der Waals surface area contributed by atoms with Gasteiger partial charge < -0.3 is 19.5 Å². The number of hydrogen-bond donors (Lipinski definition) is 1. The quantitative estimate of drug-likeness (QED) is 0.853. The highest BCUT2D eigenvalue weighted by molar-refractivity contribution is 5.83. The number of halogens is 1. The molecular weight excluding hydrogens is 317 g/mol. The van der Waals surface area contributed by atoms with Gasteiger partial charge in [0.15, 0.2) is 17.7 Å². The molecular formula is C17H20FNO5. The number of carboxylic acid groups (broad SMARTS) is 1. The van der Waals surface area contributed by atoms with Crippen molar-refractivity contribution in [3.63, 3.8) is 0 Å². The minimum absolute atomic E-state index is 0.0803. The Kier molecular flexibility index (Phi) is 4.99. The van der Waals surface area contributed by atoms with E-state index in [1.165, 1.54) is 11.0 Å². The van der Waals surface area contributed by atoms with Gasteiger partial charge >= 0.3 is 5.97 Å². The number of para-hydroxylation sites is 1. The second-order valence-corrected chi connectivity index (χ2v) is 6.10. The van der Waals surface area contributed by atoms with Crippen molar-refractivity contribution in [1.82, 2.24) is 4.90 Å². The van der Waals surface area contributed by atoms with Crippen LogP contribution in [-0.2, 0) is 20.7 Å². The SMILES string of the molecule is O=C(O)CCN(C[C@@H]1CCCO1)C(=O)[C@@H]1Cc2cccc(F)c2O1. The van der Waals surface area contributed by atoms with Gasteiger partial charge in [0.05, 0.1) is 12.5 Å². The van der Waals surface area contributed by atoms with Gasteiger partial charge in [-0.2, -0.15) is 0 Å². The van der Waals surface area contributed by atoms with E-state index in [4.69, 9.17) is 14.6 Å². The summed E-state index contributed by atoms with van der Waals surface area (Å²) in [6.45, 7) is 1.08. The second kappa shape index (κ2) is 7.17. The van der Waals surface area contributed by atoms with Crippen molar-refractivity contribution in [3.8, 4) is 5.75 Å². The lowest BCUT2D eigenvalue weighted by Crippen LogP contribution is -2.45. The molecule has 2 atom stereocenters. The first kappa shape index (κ1) is 16.7. The predicted octanol–water partition coefficient (Wildman–Crippen LogP) is 1.61. The van der Waals surface area contributed by atoms with Crippen LogP contribution in [0.5, 0.6) is 5.75 Å². The molecule has 0 aromatic heterocycles. The third-order valence-electron chi connectivity index (χ3n) is 4.34. The molecule has 24 heavy (non-hydrogen) atoms. The molecule has 1 aromatic carbocycles. The molecule has 2 aliphatic rings. The molecule has 130 valence electrons. The van der Waals surface area contributed by atoms with Gasteiger partial charge in [-0.1, -0.05) is 12.1 Å². The highest BCUT2D eigenvalue weighted by atomic mass is 19.1. The second-order valence-electron chi connectivity index (χ2n) is 6.10. The Morgan fingerprint density at radius 2 is 2.21 bits per heavy atom. The highest BCUT2D eigenvalue weighted by Gasteiger charge is 2.35. The predicted molar refractivity (Wildman–Crippen MR) is 82.3 cm³/mol. The van der Waals surface area contributed by atoms with Crippen LogP contribution in [-0.4, -0.2) is 53.8 Å². The number of ether oxygens (including phenoxy) is 2. The average molecular weight is 337 g/mol. The summed E-state index contributed by atoms with van der Waals surface area (Å²) in [4.78, 5) is 25.1. The van der Waals surface area contributed by atoms with Crippen molar-refractivity contribution in [3.05, 3.63) is 29.6 Å². The molecule has 0 radical (unpaired) electrons. The van der Waals surface area contributed by atoms with E-state index in [0.717, 1.165) is 12.8 Å². The maximum absolute atomic E-state index is 13.8. The van der Waals surface area contributed by atoms with Gasteiger partial charge in [0, 0.05) is 31.7 Å². The van der Waals surface area contributed by atoms with E-state index in [2.05, 4.69) is 0 Å². The summed E-state index contributed by atoms with van der Waals surface area (Å²) in [5.74, 6) is -1.66. The van der Waals surface area contributed by atoms with Crippen LogP contribution in [0.3, 0.4) is 0 Å². The fourth-order valence-corrected chi connectivity index (χ4v) is 3.13. The topological polar surface area (TPSA) is 76.1 Å². The average Bonchev–Trinajstić information content (AvgIpc) is 3.20. The maximum Gasteiger partial charge on any atom is 0.305 e. The van der Waals surface area contributed by atoms with Crippen LogP contribution in [0.2, 0.25) is 0 Å². The first-order chi connectivity index (χ1) is 11.5. The molecule has 7 heteroatoms. The van der Waals surface area contributed by atoms with Gasteiger partial charge in [-0.15, -0.1) is 0 Å². The van der Waals surface area contributed by atoms with Gasteiger partial charge in [0.1, 0.15) is 0 Å². The highest BCUT2D eigenvalue weighted by Crippen LogP contribution is 2.32. The number of nitrogens with zero attached hydrogens (tertiary/aromatic N) is 1. The number of aliphatic carboxylic acids is 1. The molecule has 1 amide bonds. The molecule has 3 rings (SSSR count). The molecule has 0 spiro atoms. The third kappa shape index (κ3) is 3.67. The number of amides is 1. The lowest BCUT2D eigenvalue weighted by atomic mass is 10.1. The Labute approximate surface area is 139 Å². The molecule has 1 N–H and O–H groups in total. The Bertz CT molecular complexity index is 629. The number of fused-ring (bicyclic) bond motifs is 1. The molecule has 2 aliphatic heterocycles. The summed E-state index contributed by atoms with van der Waals surface area (Å²) >= 11 is 0. The van der Waals surface area contributed by atoms with E-state index in [1.54, 1.807) is 12.1 Å². The van der Waals surface area contributed by atoms with Crippen LogP contribution in [0, 0.1) is 5.82 Å². The zero-order valence-electron chi connectivity index (χ0n) is 13.2. The van der Waals surface area contributed by atoms with E-state index in [9.17, 15) is 14.0 Å². The molecule has 1 aromatic rings. The largest absolute Gasteiger partial charge is 0.481 e. The summed E-state index contributed by atoms with van der Waals surface area (Å²) in [5.41, 5.74) is 0.656. The Hall–Kier alpha value is -2.15. The Balaban J connectivity index is 1.68. The summed E-state index contributed by atoms with van der Waals surface area (Å²) in [7, 11) is 0. The van der Waals surface area contributed by atoms with Crippen LogP contribution >= 0.6 is 0 Å². The van der Waals surface area contributed by atoms with Crippen LogP contribution in [0.15, 0.2) is 18.2 Å². The first-order valence-electron chi connectivity index (χ1n) is 8.11. The van der Waals surface area contributed by atoms with E-state index >= 15 is 0 Å². The van der Waals surface area contributed by atoms with Crippen molar-refractivity contribution >= 4 is 11.9 Å². The lowest BCUT2D eigenvalue weighted by molar-refractivity contribution is -0.142. The molecule has 2 heterocycles. The monoisotopic (exact) mass is 337 g/mol. The number of carboxylic acids is 1. The number of benzene rings is 1. The molecule has 0 aliphatic carbocycles. The van der Waals surface area contributed by atoms with Crippen LogP contribution < -0.4 is 4.74 Å². The molecule has 0 bridgehead atoms. The van der Waals surface area contributed by atoms with Gasteiger partial charge in [-0.3, -0.25) is 9.59 Å². The van der Waals surface area contributed by atoms with Crippen molar-refractivity contribution in [2.75, 3.05) is 19.7 Å². The number of hydrogen-bond acceptors (Lipinski definition) is 4. The molecule has 1 fully saturated rings. The standard InChI is InChI=1S/C17H20FNO5/c18-13-5-1-3-11-9-14(24-16(11)13)17(22)19(7-6-15(20)21)10-12-4-2-8-23-12/h1,3,5,12,14H,2,4,6-10H2,(H,20,21)/t12-,14-/m0/s1. The van der Waals surface area contributed by atoms with E-state index in [0.29, 0.717) is 25.1 Å². The number of carbonyl (C=O) groups excluding carboxylic acids is 1. The van der Waals surface area contributed by atoms with Crippen molar-refractivity contribution < 1.29 is 28.6 Å². The number of carbonyl (C=O) groups is 2. The van der Waals surface area contributed by atoms with Crippen molar-refractivity contribution in [2.45, 2.75) is 37.9 Å². The number of rotatable bonds is 6.